The molecule has 0 aliphatic heterocycles. The van der Waals surface area contributed by atoms with E-state index in [2.05, 4.69) is 43.8 Å². The minimum absolute atomic E-state index is 0.475. The number of aliphatic imine (C=N–C) groups is 2. The number of hydrogen-bond acceptors (Lipinski definition) is 8. The standard InChI is InChI=1S/C38H48N6O2/c1-3-5-7-9-19-39-25-35-15-11-31(21-41-35)27-45-29-33-13-17-37(43-23-33)38-18-14-34(24-44-38)30-46-28-32-12-16-36(42-22-32)26-40-20-10-8-6-4-2/h11-18,21-26H,3-10,19-20,27-30H2,1-2H3. The van der Waals surface area contributed by atoms with Gasteiger partial charge >= 0.3 is 0 Å². The number of rotatable bonds is 21. The van der Waals surface area contributed by atoms with E-state index in [0.29, 0.717) is 26.4 Å². The van der Waals surface area contributed by atoms with E-state index in [1.54, 1.807) is 0 Å². The lowest BCUT2D eigenvalue weighted by molar-refractivity contribution is 0.106. The second-order valence-electron chi connectivity index (χ2n) is 11.5. The van der Waals surface area contributed by atoms with Gasteiger partial charge in [-0.05, 0) is 59.4 Å². The van der Waals surface area contributed by atoms with E-state index in [0.717, 1.165) is 71.0 Å². The van der Waals surface area contributed by atoms with Crippen molar-refractivity contribution in [2.45, 2.75) is 91.6 Å². The molecule has 0 fully saturated rings. The topological polar surface area (TPSA) is 94.7 Å². The molecule has 4 heterocycles. The Balaban J connectivity index is 1.13. The summed E-state index contributed by atoms with van der Waals surface area (Å²) in [4.78, 5) is 27.1. The molecule has 8 nitrogen and oxygen atoms in total. The first-order valence-corrected chi connectivity index (χ1v) is 16.7. The van der Waals surface area contributed by atoms with Crippen LogP contribution in [0.1, 0.15) is 98.9 Å². The van der Waals surface area contributed by atoms with E-state index in [1.807, 2.05) is 85.7 Å². The molecule has 8 heteroatoms. The maximum absolute atomic E-state index is 5.90. The zero-order chi connectivity index (χ0) is 32.1. The van der Waals surface area contributed by atoms with Gasteiger partial charge in [0.25, 0.3) is 0 Å². The molecule has 46 heavy (non-hydrogen) atoms. The molecule has 0 saturated carbocycles. The van der Waals surface area contributed by atoms with Crippen LogP contribution >= 0.6 is 0 Å². The van der Waals surface area contributed by atoms with Gasteiger partial charge < -0.3 is 9.47 Å². The van der Waals surface area contributed by atoms with Crippen LogP contribution in [0.3, 0.4) is 0 Å². The quantitative estimate of drug-likeness (QED) is 0.0686. The molecule has 4 aromatic heterocycles. The predicted molar refractivity (Wildman–Crippen MR) is 186 cm³/mol. The SMILES string of the molecule is CCCCCCN=Cc1ccc(COCc2ccc(-c3ccc(COCc4ccc(C=NCCCCCC)nc4)cn3)nc2)cn1. The maximum Gasteiger partial charge on any atom is 0.0886 e. The summed E-state index contributed by atoms with van der Waals surface area (Å²) in [6.07, 6.45) is 20.9. The van der Waals surface area contributed by atoms with Crippen LogP contribution in [0.5, 0.6) is 0 Å². The summed E-state index contributed by atoms with van der Waals surface area (Å²) in [5.41, 5.74) is 7.46. The monoisotopic (exact) mass is 620 g/mol. The van der Waals surface area contributed by atoms with E-state index in [1.165, 1.54) is 38.5 Å². The Bertz CT molecular complexity index is 1320. The van der Waals surface area contributed by atoms with Crippen LogP contribution in [0.2, 0.25) is 0 Å². The van der Waals surface area contributed by atoms with Crippen molar-refractivity contribution in [3.05, 3.63) is 107 Å². The van der Waals surface area contributed by atoms with Gasteiger partial charge in [-0.2, -0.15) is 0 Å². The Morgan fingerprint density at radius 2 is 0.870 bits per heavy atom. The highest BCUT2D eigenvalue weighted by molar-refractivity contribution is 5.77. The van der Waals surface area contributed by atoms with Crippen molar-refractivity contribution in [1.82, 2.24) is 19.9 Å². The normalized spacial score (nSPS) is 11.6. The van der Waals surface area contributed by atoms with E-state index in [-0.39, 0.29) is 0 Å². The molecule has 0 atom stereocenters. The molecule has 4 aromatic rings. The summed E-state index contributed by atoms with van der Waals surface area (Å²) in [6.45, 7) is 8.09. The highest BCUT2D eigenvalue weighted by Gasteiger charge is 2.04. The molecular weight excluding hydrogens is 572 g/mol. The number of unbranched alkanes of at least 4 members (excludes halogenated alkanes) is 6. The number of pyridine rings is 4. The minimum atomic E-state index is 0.475. The van der Waals surface area contributed by atoms with E-state index in [9.17, 15) is 0 Å². The molecule has 0 saturated heterocycles. The first-order chi connectivity index (χ1) is 22.7. The van der Waals surface area contributed by atoms with Crippen molar-refractivity contribution in [2.75, 3.05) is 13.1 Å². The smallest absolute Gasteiger partial charge is 0.0886 e. The Labute approximate surface area is 274 Å². The summed E-state index contributed by atoms with van der Waals surface area (Å²) in [7, 11) is 0. The minimum Gasteiger partial charge on any atom is -0.372 e. The van der Waals surface area contributed by atoms with Crippen molar-refractivity contribution < 1.29 is 9.47 Å². The molecule has 4 rings (SSSR count). The Hall–Kier alpha value is -4.14. The van der Waals surface area contributed by atoms with Gasteiger partial charge in [-0.1, -0.05) is 76.6 Å². The maximum atomic E-state index is 5.90. The zero-order valence-electron chi connectivity index (χ0n) is 27.5. The van der Waals surface area contributed by atoms with Gasteiger partial charge in [-0.3, -0.25) is 29.9 Å². The molecule has 242 valence electrons. The fraction of sp³-hybridized carbons (Fsp3) is 0.421. The molecule has 0 aromatic carbocycles. The largest absolute Gasteiger partial charge is 0.372 e. The lowest BCUT2D eigenvalue weighted by atomic mass is 10.2. The van der Waals surface area contributed by atoms with Crippen molar-refractivity contribution >= 4 is 12.4 Å². The lowest BCUT2D eigenvalue weighted by Gasteiger charge is -2.07. The molecule has 0 spiro atoms. The van der Waals surface area contributed by atoms with Crippen molar-refractivity contribution in [1.29, 1.82) is 0 Å². The fourth-order valence-electron chi connectivity index (χ4n) is 4.67. The van der Waals surface area contributed by atoms with Crippen LogP contribution in [0.15, 0.2) is 83.3 Å². The van der Waals surface area contributed by atoms with Gasteiger partial charge in [0.2, 0.25) is 0 Å². The van der Waals surface area contributed by atoms with Gasteiger partial charge in [-0.15, -0.1) is 0 Å². The zero-order valence-corrected chi connectivity index (χ0v) is 27.5. The average molecular weight is 621 g/mol. The summed E-state index contributed by atoms with van der Waals surface area (Å²) >= 11 is 0. The van der Waals surface area contributed by atoms with Crippen LogP contribution in [-0.4, -0.2) is 45.5 Å². The molecule has 0 aliphatic rings. The van der Waals surface area contributed by atoms with Crippen LogP contribution in [-0.2, 0) is 35.9 Å². The van der Waals surface area contributed by atoms with Crippen molar-refractivity contribution in [3.63, 3.8) is 0 Å². The molecule has 0 aliphatic carbocycles. The van der Waals surface area contributed by atoms with Crippen LogP contribution in [0, 0.1) is 0 Å². The second kappa shape index (κ2) is 20.8. The molecule has 0 bridgehead atoms. The van der Waals surface area contributed by atoms with E-state index in [4.69, 9.17) is 9.47 Å². The molecule has 0 N–H and O–H groups in total. The van der Waals surface area contributed by atoms with E-state index >= 15 is 0 Å². The molecule has 0 radical (unpaired) electrons. The third kappa shape index (κ3) is 13.1. The summed E-state index contributed by atoms with van der Waals surface area (Å²) in [5, 5.41) is 0. The third-order valence-electron chi connectivity index (χ3n) is 7.41. The first kappa shape index (κ1) is 34.7. The third-order valence-corrected chi connectivity index (χ3v) is 7.41. The van der Waals surface area contributed by atoms with Crippen molar-refractivity contribution in [2.24, 2.45) is 9.98 Å². The van der Waals surface area contributed by atoms with E-state index < -0.39 is 0 Å². The molecular formula is C38H48N6O2. The van der Waals surface area contributed by atoms with Gasteiger partial charge in [0.05, 0.1) is 49.2 Å². The lowest BCUT2D eigenvalue weighted by Crippen LogP contribution is -1.98. The van der Waals surface area contributed by atoms with Crippen LogP contribution in [0.4, 0.5) is 0 Å². The molecule has 0 amide bonds. The Morgan fingerprint density at radius 3 is 1.20 bits per heavy atom. The Morgan fingerprint density at radius 1 is 0.478 bits per heavy atom. The highest BCUT2D eigenvalue weighted by atomic mass is 16.5. The summed E-state index contributed by atoms with van der Waals surface area (Å²) < 4.78 is 11.8. The summed E-state index contributed by atoms with van der Waals surface area (Å²) in [6, 6.07) is 16.0. The Kier molecular flexibility index (Phi) is 15.7. The second-order valence-corrected chi connectivity index (χ2v) is 11.5. The van der Waals surface area contributed by atoms with Gasteiger partial charge in [0, 0.05) is 50.3 Å². The number of aromatic nitrogens is 4. The average Bonchev–Trinajstić information content (AvgIpc) is 3.10. The van der Waals surface area contributed by atoms with Gasteiger partial charge in [-0.25, -0.2) is 0 Å². The van der Waals surface area contributed by atoms with Crippen LogP contribution < -0.4 is 0 Å². The number of nitrogens with zero attached hydrogens (tertiary/aromatic N) is 6. The van der Waals surface area contributed by atoms with Crippen molar-refractivity contribution in [3.8, 4) is 11.4 Å². The summed E-state index contributed by atoms with van der Waals surface area (Å²) in [5.74, 6) is 0. The number of hydrogen-bond donors (Lipinski definition) is 0. The first-order valence-electron chi connectivity index (χ1n) is 16.7. The van der Waals surface area contributed by atoms with Gasteiger partial charge in [0.15, 0.2) is 0 Å². The molecule has 0 unspecified atom stereocenters. The van der Waals surface area contributed by atoms with Crippen LogP contribution in [0.25, 0.3) is 11.4 Å². The number of ether oxygens (including phenoxy) is 2. The highest BCUT2D eigenvalue weighted by Crippen LogP contribution is 2.16. The van der Waals surface area contributed by atoms with Gasteiger partial charge in [0.1, 0.15) is 0 Å². The predicted octanol–water partition coefficient (Wildman–Crippen LogP) is 8.37. The fourth-order valence-corrected chi connectivity index (χ4v) is 4.67.